The number of nitrogens with zero attached hydrogens (tertiary/aromatic N) is 3. The number of hydrogen-bond donors (Lipinski definition) is 2. The van der Waals surface area contributed by atoms with Crippen LogP contribution in [0, 0.1) is 13.8 Å². The van der Waals surface area contributed by atoms with Gasteiger partial charge in [-0.2, -0.15) is 5.10 Å². The van der Waals surface area contributed by atoms with Gasteiger partial charge in [-0.05, 0) is 37.6 Å². The molecule has 3 N–H and O–H groups in total. The Morgan fingerprint density at radius 2 is 1.95 bits per heavy atom. The summed E-state index contributed by atoms with van der Waals surface area (Å²) in [4.78, 5) is 0.828. The number of hydrogen-bond acceptors (Lipinski definition) is 5. The molecule has 0 fully saturated rings. The number of benzene rings is 1. The molecule has 0 unspecified atom stereocenters. The summed E-state index contributed by atoms with van der Waals surface area (Å²) in [5, 5.41) is 21.7. The van der Waals surface area contributed by atoms with Crippen molar-refractivity contribution in [3.8, 4) is 0 Å². The third kappa shape index (κ3) is 3.40. The molecule has 1 aromatic carbocycles. The van der Waals surface area contributed by atoms with Crippen LogP contribution in [-0.4, -0.2) is 21.2 Å². The van der Waals surface area contributed by atoms with Crippen molar-refractivity contribution in [3.63, 3.8) is 0 Å². The van der Waals surface area contributed by atoms with E-state index in [1.807, 2.05) is 19.9 Å². The Morgan fingerprint density at radius 1 is 1.24 bits per heavy atom. The largest absolute Gasteiger partial charge is 0.409 e. The highest BCUT2D eigenvalue weighted by Crippen LogP contribution is 2.34. The first-order chi connectivity index (χ1) is 9.93. The quantitative estimate of drug-likeness (QED) is 0.385. The molecule has 110 valence electrons. The third-order valence-electron chi connectivity index (χ3n) is 2.89. The van der Waals surface area contributed by atoms with Gasteiger partial charge in [-0.1, -0.05) is 40.1 Å². The zero-order chi connectivity index (χ0) is 15.6. The van der Waals surface area contributed by atoms with Crippen molar-refractivity contribution in [3.05, 3.63) is 45.1 Å². The molecular formula is C13H12Cl2N4OS. The van der Waals surface area contributed by atoms with E-state index in [0.29, 0.717) is 20.6 Å². The minimum absolute atomic E-state index is 0.00643. The summed E-state index contributed by atoms with van der Waals surface area (Å²) in [6.45, 7) is 3.65. The van der Waals surface area contributed by atoms with Gasteiger partial charge in [0.15, 0.2) is 5.84 Å². The molecule has 0 spiro atoms. The second-order valence-corrected chi connectivity index (χ2v) is 6.13. The van der Waals surface area contributed by atoms with E-state index in [1.54, 1.807) is 12.1 Å². The summed E-state index contributed by atoms with van der Waals surface area (Å²) < 4.78 is 0. The van der Waals surface area contributed by atoms with Crippen LogP contribution in [0.3, 0.4) is 0 Å². The number of oxime groups is 1. The molecule has 1 heterocycles. The van der Waals surface area contributed by atoms with Crippen LogP contribution < -0.4 is 5.73 Å². The van der Waals surface area contributed by atoms with Crippen molar-refractivity contribution >= 4 is 40.8 Å². The average Bonchev–Trinajstić information content (AvgIpc) is 2.46. The Balaban J connectivity index is 2.49. The summed E-state index contributed by atoms with van der Waals surface area (Å²) in [6.07, 6.45) is 0. The van der Waals surface area contributed by atoms with Gasteiger partial charge in [0.05, 0.1) is 21.3 Å². The lowest BCUT2D eigenvalue weighted by molar-refractivity contribution is 0.318. The molecule has 8 heteroatoms. The Kier molecular flexibility index (Phi) is 4.92. The molecule has 0 radical (unpaired) electrons. The summed E-state index contributed by atoms with van der Waals surface area (Å²) >= 11 is 13.2. The zero-order valence-electron chi connectivity index (χ0n) is 11.3. The average molecular weight is 343 g/mol. The first kappa shape index (κ1) is 15.9. The van der Waals surface area contributed by atoms with Gasteiger partial charge in [-0.3, -0.25) is 0 Å². The van der Waals surface area contributed by atoms with E-state index < -0.39 is 0 Å². The normalized spacial score (nSPS) is 11.7. The number of rotatable bonds is 3. The van der Waals surface area contributed by atoms with Gasteiger partial charge >= 0.3 is 0 Å². The lowest BCUT2D eigenvalue weighted by Crippen LogP contribution is -2.18. The molecule has 5 nitrogen and oxygen atoms in total. The van der Waals surface area contributed by atoms with Crippen molar-refractivity contribution < 1.29 is 5.21 Å². The number of nitrogens with two attached hydrogens (primary N) is 1. The first-order valence-corrected chi connectivity index (χ1v) is 7.46. The minimum atomic E-state index is -0.00643. The van der Waals surface area contributed by atoms with Gasteiger partial charge in [0.1, 0.15) is 5.03 Å². The van der Waals surface area contributed by atoms with E-state index in [9.17, 15) is 0 Å². The number of amidine groups is 1. The van der Waals surface area contributed by atoms with Crippen LogP contribution in [0.25, 0.3) is 0 Å². The molecular weight excluding hydrogens is 331 g/mol. The monoisotopic (exact) mass is 342 g/mol. The number of aryl methyl sites for hydroxylation is 1. The third-order valence-corrected chi connectivity index (χ3v) is 4.60. The van der Waals surface area contributed by atoms with Crippen molar-refractivity contribution in [2.75, 3.05) is 0 Å². The van der Waals surface area contributed by atoms with Gasteiger partial charge in [-0.15, -0.1) is 5.10 Å². The standard InChI is InChI=1S/C13H12Cl2N4OS/c1-6-7(2)17-18-13(11(6)12(16)19-20)21-8-3-4-9(14)10(15)5-8/h3-5,20H,1-2H3,(H2,16,19). The molecule has 1 aromatic heterocycles. The lowest BCUT2D eigenvalue weighted by atomic mass is 10.1. The molecule has 0 aliphatic carbocycles. The highest BCUT2D eigenvalue weighted by Gasteiger charge is 2.16. The fourth-order valence-electron chi connectivity index (χ4n) is 1.66. The Bertz CT molecular complexity index is 722. The van der Waals surface area contributed by atoms with E-state index in [-0.39, 0.29) is 5.84 Å². The summed E-state index contributed by atoms with van der Waals surface area (Å²) in [6, 6.07) is 5.23. The predicted octanol–water partition coefficient (Wildman–Crippen LogP) is 3.65. The van der Waals surface area contributed by atoms with E-state index in [1.165, 1.54) is 11.8 Å². The van der Waals surface area contributed by atoms with Gasteiger partial charge in [0.2, 0.25) is 0 Å². The fourth-order valence-corrected chi connectivity index (χ4v) is 3.00. The number of aromatic nitrogens is 2. The van der Waals surface area contributed by atoms with E-state index in [0.717, 1.165) is 16.2 Å². The van der Waals surface area contributed by atoms with Gasteiger partial charge in [0.25, 0.3) is 0 Å². The molecule has 2 rings (SSSR count). The molecule has 0 saturated carbocycles. The van der Waals surface area contributed by atoms with Crippen LogP contribution in [0.4, 0.5) is 0 Å². The SMILES string of the molecule is Cc1nnc(Sc2ccc(Cl)c(Cl)c2)c(C(N)=NO)c1C. The van der Waals surface area contributed by atoms with E-state index in [2.05, 4.69) is 15.4 Å². The molecule has 0 atom stereocenters. The predicted molar refractivity (Wildman–Crippen MR) is 84.6 cm³/mol. The van der Waals surface area contributed by atoms with Crippen LogP contribution in [0.15, 0.2) is 33.3 Å². The topological polar surface area (TPSA) is 84.4 Å². The fraction of sp³-hybridized carbons (Fsp3) is 0.154. The van der Waals surface area contributed by atoms with Gasteiger partial charge < -0.3 is 10.9 Å². The maximum atomic E-state index is 8.94. The van der Waals surface area contributed by atoms with E-state index in [4.69, 9.17) is 34.1 Å². The first-order valence-electron chi connectivity index (χ1n) is 5.88. The smallest absolute Gasteiger partial charge is 0.173 e. The maximum Gasteiger partial charge on any atom is 0.173 e. The second kappa shape index (κ2) is 6.51. The Morgan fingerprint density at radius 3 is 2.57 bits per heavy atom. The van der Waals surface area contributed by atoms with Gasteiger partial charge in [-0.25, -0.2) is 0 Å². The minimum Gasteiger partial charge on any atom is -0.409 e. The Labute approximate surface area is 136 Å². The molecule has 21 heavy (non-hydrogen) atoms. The second-order valence-electron chi connectivity index (χ2n) is 4.25. The van der Waals surface area contributed by atoms with Crippen LogP contribution in [0.1, 0.15) is 16.8 Å². The molecule has 0 bridgehead atoms. The molecule has 2 aromatic rings. The van der Waals surface area contributed by atoms with Gasteiger partial charge in [0, 0.05) is 4.90 Å². The lowest BCUT2D eigenvalue weighted by Gasteiger charge is -2.11. The van der Waals surface area contributed by atoms with Crippen LogP contribution in [-0.2, 0) is 0 Å². The highest BCUT2D eigenvalue weighted by molar-refractivity contribution is 7.99. The number of halogens is 2. The summed E-state index contributed by atoms with van der Waals surface area (Å²) in [5.41, 5.74) is 7.83. The molecule has 0 aliphatic rings. The van der Waals surface area contributed by atoms with Crippen molar-refractivity contribution in [2.45, 2.75) is 23.8 Å². The maximum absolute atomic E-state index is 8.94. The zero-order valence-corrected chi connectivity index (χ0v) is 13.6. The van der Waals surface area contributed by atoms with Crippen molar-refractivity contribution in [1.29, 1.82) is 0 Å². The van der Waals surface area contributed by atoms with Crippen molar-refractivity contribution in [2.24, 2.45) is 10.9 Å². The van der Waals surface area contributed by atoms with E-state index >= 15 is 0 Å². The molecule has 0 amide bonds. The van der Waals surface area contributed by atoms with Crippen LogP contribution >= 0.6 is 35.0 Å². The summed E-state index contributed by atoms with van der Waals surface area (Å²) in [5.74, 6) is -0.00643. The molecule has 0 aliphatic heterocycles. The summed E-state index contributed by atoms with van der Waals surface area (Å²) in [7, 11) is 0. The Hall–Kier alpha value is -1.50. The van der Waals surface area contributed by atoms with Crippen LogP contribution in [0.2, 0.25) is 10.0 Å². The van der Waals surface area contributed by atoms with Crippen LogP contribution in [0.5, 0.6) is 0 Å². The highest BCUT2D eigenvalue weighted by atomic mass is 35.5. The molecule has 0 saturated heterocycles. The van der Waals surface area contributed by atoms with Crippen molar-refractivity contribution in [1.82, 2.24) is 10.2 Å².